The fourth-order valence-corrected chi connectivity index (χ4v) is 2.55. The molecule has 0 bridgehead atoms. The van der Waals surface area contributed by atoms with Crippen LogP contribution < -0.4 is 0 Å². The molecule has 0 amide bonds. The molecular formula is C12H7Cl2FO2S. The molecule has 0 radical (unpaired) electrons. The van der Waals surface area contributed by atoms with Crippen LogP contribution in [0.1, 0.15) is 0 Å². The van der Waals surface area contributed by atoms with Crippen molar-refractivity contribution in [2.45, 2.75) is 4.90 Å². The Morgan fingerprint density at radius 3 is 2.22 bits per heavy atom. The third-order valence-electron chi connectivity index (χ3n) is 2.39. The van der Waals surface area contributed by atoms with E-state index in [0.29, 0.717) is 10.6 Å². The Morgan fingerprint density at radius 2 is 1.67 bits per heavy atom. The minimum absolute atomic E-state index is 0.227. The minimum Gasteiger partial charge on any atom is -0.207 e. The zero-order chi connectivity index (χ0) is 13.3. The predicted octanol–water partition coefficient (Wildman–Crippen LogP) is 4.07. The Balaban J connectivity index is 2.59. The summed E-state index contributed by atoms with van der Waals surface area (Å²) in [6.45, 7) is 0. The van der Waals surface area contributed by atoms with Crippen molar-refractivity contribution in [3.8, 4) is 11.1 Å². The van der Waals surface area contributed by atoms with Gasteiger partial charge in [-0.25, -0.2) is 12.8 Å². The summed E-state index contributed by atoms with van der Waals surface area (Å²) in [5.74, 6) is -0.690. The standard InChI is InChI=1S/C12H7Cl2FO2S/c13-11-4-2-1-3-9(11)10-6-5-8(7-12(10)15)18(14,16)17/h1-7H. The monoisotopic (exact) mass is 304 g/mol. The summed E-state index contributed by atoms with van der Waals surface area (Å²) < 4.78 is 36.0. The molecule has 0 aliphatic heterocycles. The van der Waals surface area contributed by atoms with Gasteiger partial charge >= 0.3 is 0 Å². The van der Waals surface area contributed by atoms with Crippen molar-refractivity contribution < 1.29 is 12.8 Å². The molecule has 2 nitrogen and oxygen atoms in total. The minimum atomic E-state index is -3.94. The summed E-state index contributed by atoms with van der Waals surface area (Å²) in [5.41, 5.74) is 0.722. The molecule has 6 heteroatoms. The maximum Gasteiger partial charge on any atom is 0.261 e. The Hall–Kier alpha value is -1.10. The van der Waals surface area contributed by atoms with Crippen LogP contribution in [0.25, 0.3) is 11.1 Å². The lowest BCUT2D eigenvalue weighted by molar-refractivity contribution is 0.603. The molecule has 0 spiro atoms. The van der Waals surface area contributed by atoms with Gasteiger partial charge in [-0.3, -0.25) is 0 Å². The number of hydrogen-bond donors (Lipinski definition) is 0. The lowest BCUT2D eigenvalue weighted by Gasteiger charge is -2.06. The molecule has 0 N–H and O–H groups in total. The third-order valence-corrected chi connectivity index (χ3v) is 4.07. The highest BCUT2D eigenvalue weighted by Gasteiger charge is 2.15. The normalized spacial score (nSPS) is 11.5. The van der Waals surface area contributed by atoms with E-state index in [4.69, 9.17) is 22.3 Å². The largest absolute Gasteiger partial charge is 0.261 e. The Morgan fingerprint density at radius 1 is 1.00 bits per heavy atom. The molecule has 2 rings (SSSR count). The van der Waals surface area contributed by atoms with Gasteiger partial charge in [0.1, 0.15) is 5.82 Å². The molecule has 0 atom stereocenters. The van der Waals surface area contributed by atoms with E-state index in [2.05, 4.69) is 0 Å². The van der Waals surface area contributed by atoms with Crippen LogP contribution in [0.4, 0.5) is 4.39 Å². The van der Waals surface area contributed by atoms with Crippen molar-refractivity contribution in [3.05, 3.63) is 53.3 Å². The second kappa shape index (κ2) is 4.88. The van der Waals surface area contributed by atoms with Gasteiger partial charge in [-0.1, -0.05) is 35.9 Å². The maximum atomic E-state index is 13.9. The highest BCUT2D eigenvalue weighted by molar-refractivity contribution is 8.13. The first-order chi connectivity index (χ1) is 8.39. The molecule has 0 saturated carbocycles. The molecule has 0 saturated heterocycles. The number of rotatable bonds is 2. The Labute approximate surface area is 113 Å². The average Bonchev–Trinajstić information content (AvgIpc) is 2.29. The van der Waals surface area contributed by atoms with Crippen molar-refractivity contribution >= 4 is 31.3 Å². The van der Waals surface area contributed by atoms with Crippen LogP contribution in [0.3, 0.4) is 0 Å². The predicted molar refractivity (Wildman–Crippen MR) is 69.9 cm³/mol. The van der Waals surface area contributed by atoms with Crippen molar-refractivity contribution in [1.29, 1.82) is 0 Å². The van der Waals surface area contributed by atoms with E-state index in [9.17, 15) is 12.8 Å². The second-order valence-corrected chi connectivity index (χ2v) is 6.53. The van der Waals surface area contributed by atoms with E-state index in [-0.39, 0.29) is 10.5 Å². The molecule has 0 heterocycles. The molecule has 0 aliphatic carbocycles. The zero-order valence-electron chi connectivity index (χ0n) is 8.90. The molecule has 18 heavy (non-hydrogen) atoms. The van der Waals surface area contributed by atoms with E-state index in [1.165, 1.54) is 12.1 Å². The van der Waals surface area contributed by atoms with Gasteiger partial charge in [-0.2, -0.15) is 0 Å². The van der Waals surface area contributed by atoms with Crippen molar-refractivity contribution in [2.24, 2.45) is 0 Å². The summed E-state index contributed by atoms with van der Waals surface area (Å²) in [4.78, 5) is -0.280. The van der Waals surface area contributed by atoms with E-state index >= 15 is 0 Å². The van der Waals surface area contributed by atoms with Crippen molar-refractivity contribution in [3.63, 3.8) is 0 Å². The second-order valence-electron chi connectivity index (χ2n) is 3.56. The van der Waals surface area contributed by atoms with Gasteiger partial charge in [0.15, 0.2) is 0 Å². The topological polar surface area (TPSA) is 34.1 Å². The molecule has 0 aliphatic rings. The highest BCUT2D eigenvalue weighted by Crippen LogP contribution is 2.31. The molecule has 0 aromatic heterocycles. The smallest absolute Gasteiger partial charge is 0.207 e. The number of benzene rings is 2. The van der Waals surface area contributed by atoms with Crippen LogP contribution in [-0.4, -0.2) is 8.42 Å². The van der Waals surface area contributed by atoms with Gasteiger partial charge in [0.05, 0.1) is 4.90 Å². The van der Waals surface area contributed by atoms with Crippen LogP contribution in [0.5, 0.6) is 0 Å². The molecule has 94 valence electrons. The van der Waals surface area contributed by atoms with E-state index in [1.54, 1.807) is 24.3 Å². The fraction of sp³-hybridized carbons (Fsp3) is 0. The van der Waals surface area contributed by atoms with E-state index in [1.807, 2.05) is 0 Å². The van der Waals surface area contributed by atoms with Gasteiger partial charge in [0.25, 0.3) is 9.05 Å². The van der Waals surface area contributed by atoms with Gasteiger partial charge in [0, 0.05) is 26.8 Å². The molecule has 0 unspecified atom stereocenters. The van der Waals surface area contributed by atoms with E-state index in [0.717, 1.165) is 6.07 Å². The van der Waals surface area contributed by atoms with Gasteiger partial charge in [-0.05, 0) is 18.2 Å². The summed E-state index contributed by atoms with van der Waals surface area (Å²) in [6, 6.07) is 10.2. The summed E-state index contributed by atoms with van der Waals surface area (Å²) in [6.07, 6.45) is 0. The summed E-state index contributed by atoms with van der Waals surface area (Å²) >= 11 is 5.95. The quantitative estimate of drug-likeness (QED) is 0.784. The maximum absolute atomic E-state index is 13.9. The first kappa shape index (κ1) is 13.3. The van der Waals surface area contributed by atoms with Gasteiger partial charge in [-0.15, -0.1) is 0 Å². The van der Waals surface area contributed by atoms with Crippen LogP contribution in [0.15, 0.2) is 47.4 Å². The van der Waals surface area contributed by atoms with E-state index < -0.39 is 14.9 Å². The lowest BCUT2D eigenvalue weighted by Crippen LogP contribution is -1.93. The van der Waals surface area contributed by atoms with Gasteiger partial charge in [0.2, 0.25) is 0 Å². The van der Waals surface area contributed by atoms with Crippen LogP contribution in [-0.2, 0) is 9.05 Å². The number of hydrogen-bond acceptors (Lipinski definition) is 2. The number of halogens is 3. The molecular weight excluding hydrogens is 298 g/mol. The first-order valence-corrected chi connectivity index (χ1v) is 7.57. The third kappa shape index (κ3) is 2.66. The van der Waals surface area contributed by atoms with Crippen molar-refractivity contribution in [2.75, 3.05) is 0 Å². The molecule has 2 aromatic rings. The Kier molecular flexibility index (Phi) is 3.61. The van der Waals surface area contributed by atoms with Crippen LogP contribution >= 0.6 is 22.3 Å². The fourth-order valence-electron chi connectivity index (χ4n) is 1.55. The summed E-state index contributed by atoms with van der Waals surface area (Å²) in [7, 11) is 1.20. The highest BCUT2D eigenvalue weighted by atomic mass is 35.7. The van der Waals surface area contributed by atoms with Crippen LogP contribution in [0, 0.1) is 5.82 Å². The summed E-state index contributed by atoms with van der Waals surface area (Å²) in [5, 5.41) is 0.387. The average molecular weight is 305 g/mol. The first-order valence-electron chi connectivity index (χ1n) is 4.89. The Bertz CT molecular complexity index is 699. The SMILES string of the molecule is O=S(=O)(Cl)c1ccc(-c2ccccc2Cl)c(F)c1. The lowest BCUT2D eigenvalue weighted by atomic mass is 10.1. The molecule has 0 fully saturated rings. The van der Waals surface area contributed by atoms with Gasteiger partial charge < -0.3 is 0 Å². The van der Waals surface area contributed by atoms with Crippen LogP contribution in [0.2, 0.25) is 5.02 Å². The van der Waals surface area contributed by atoms with Crippen molar-refractivity contribution in [1.82, 2.24) is 0 Å². The zero-order valence-corrected chi connectivity index (χ0v) is 11.2. The molecule has 2 aromatic carbocycles.